The number of ether oxygens (including phenoxy) is 1. The van der Waals surface area contributed by atoms with Gasteiger partial charge in [0.15, 0.2) is 0 Å². The molecule has 1 heterocycles. The van der Waals surface area contributed by atoms with Crippen molar-refractivity contribution in [1.82, 2.24) is 9.21 Å². The molecule has 1 aromatic rings. The molecule has 0 unspecified atom stereocenters. The van der Waals surface area contributed by atoms with Crippen LogP contribution in [0.5, 0.6) is 5.75 Å². The molecule has 0 spiro atoms. The summed E-state index contributed by atoms with van der Waals surface area (Å²) in [4.78, 5) is 14.0. The van der Waals surface area contributed by atoms with Gasteiger partial charge in [-0.2, -0.15) is 4.31 Å². The third-order valence-electron chi connectivity index (χ3n) is 3.39. The topological polar surface area (TPSA) is 66.9 Å². The van der Waals surface area contributed by atoms with Crippen molar-refractivity contribution in [2.24, 2.45) is 0 Å². The minimum Gasteiger partial charge on any atom is -0.495 e. The quantitative estimate of drug-likeness (QED) is 0.830. The minimum atomic E-state index is -3.20. The van der Waals surface area contributed by atoms with Crippen LogP contribution in [0.15, 0.2) is 18.2 Å². The first kappa shape index (κ1) is 16.1. The van der Waals surface area contributed by atoms with Crippen molar-refractivity contribution in [2.75, 3.05) is 39.5 Å². The molecule has 116 valence electrons. The number of hydrogen-bond donors (Lipinski definition) is 0. The largest absolute Gasteiger partial charge is 0.495 e. The van der Waals surface area contributed by atoms with Gasteiger partial charge in [0.05, 0.1) is 18.4 Å². The lowest BCUT2D eigenvalue weighted by molar-refractivity contribution is 0.0698. The molecule has 1 saturated heterocycles. The molecule has 1 fully saturated rings. The second kappa shape index (κ2) is 6.21. The molecule has 1 aromatic carbocycles. The van der Waals surface area contributed by atoms with Crippen LogP contribution in [-0.2, 0) is 10.0 Å². The number of rotatable bonds is 3. The Kier molecular flexibility index (Phi) is 4.75. The maximum absolute atomic E-state index is 12.4. The Morgan fingerprint density at radius 1 is 1.24 bits per heavy atom. The molecule has 8 heteroatoms. The van der Waals surface area contributed by atoms with Gasteiger partial charge in [-0.1, -0.05) is 11.6 Å². The number of benzene rings is 1. The van der Waals surface area contributed by atoms with Crippen LogP contribution in [0.3, 0.4) is 0 Å². The van der Waals surface area contributed by atoms with E-state index in [9.17, 15) is 13.2 Å². The summed E-state index contributed by atoms with van der Waals surface area (Å²) in [5.74, 6) is 0.350. The Morgan fingerprint density at radius 3 is 2.33 bits per heavy atom. The van der Waals surface area contributed by atoms with Crippen molar-refractivity contribution in [1.29, 1.82) is 0 Å². The zero-order valence-corrected chi connectivity index (χ0v) is 13.4. The zero-order chi connectivity index (χ0) is 15.6. The molecule has 1 aliphatic rings. The average Bonchev–Trinajstić information content (AvgIpc) is 2.45. The predicted octanol–water partition coefficient (Wildman–Crippen LogP) is 1.07. The maximum Gasteiger partial charge on any atom is 0.253 e. The molecule has 0 radical (unpaired) electrons. The summed E-state index contributed by atoms with van der Waals surface area (Å²) in [6.45, 7) is 1.37. The number of sulfonamides is 1. The monoisotopic (exact) mass is 332 g/mol. The van der Waals surface area contributed by atoms with Crippen molar-refractivity contribution in [3.8, 4) is 5.75 Å². The molecule has 0 aromatic heterocycles. The predicted molar refractivity (Wildman–Crippen MR) is 80.3 cm³/mol. The Balaban J connectivity index is 2.07. The molecule has 1 amide bonds. The van der Waals surface area contributed by atoms with E-state index in [1.807, 2.05) is 0 Å². The van der Waals surface area contributed by atoms with Crippen molar-refractivity contribution < 1.29 is 17.9 Å². The first-order valence-corrected chi connectivity index (χ1v) is 8.63. The van der Waals surface area contributed by atoms with E-state index in [1.165, 1.54) is 17.7 Å². The summed E-state index contributed by atoms with van der Waals surface area (Å²) < 4.78 is 29.3. The van der Waals surface area contributed by atoms with Gasteiger partial charge >= 0.3 is 0 Å². The smallest absolute Gasteiger partial charge is 0.253 e. The van der Waals surface area contributed by atoms with Crippen LogP contribution in [0, 0.1) is 0 Å². The lowest BCUT2D eigenvalue weighted by Crippen LogP contribution is -2.50. The minimum absolute atomic E-state index is 0.160. The maximum atomic E-state index is 12.4. The molecule has 0 atom stereocenters. The fourth-order valence-corrected chi connectivity index (χ4v) is 3.29. The van der Waals surface area contributed by atoms with E-state index in [-0.39, 0.29) is 5.91 Å². The van der Waals surface area contributed by atoms with Gasteiger partial charge in [0.25, 0.3) is 5.91 Å². The van der Waals surface area contributed by atoms with Gasteiger partial charge in [0, 0.05) is 31.7 Å². The third kappa shape index (κ3) is 3.66. The molecular formula is C13H17ClN2O4S. The van der Waals surface area contributed by atoms with Crippen LogP contribution in [0.1, 0.15) is 10.4 Å². The summed E-state index contributed by atoms with van der Waals surface area (Å²) in [5, 5.41) is 0.373. The third-order valence-corrected chi connectivity index (χ3v) is 4.99. The van der Waals surface area contributed by atoms with E-state index in [0.29, 0.717) is 42.5 Å². The van der Waals surface area contributed by atoms with Gasteiger partial charge in [-0.25, -0.2) is 8.42 Å². The highest BCUT2D eigenvalue weighted by Gasteiger charge is 2.26. The Labute approximate surface area is 129 Å². The highest BCUT2D eigenvalue weighted by Crippen LogP contribution is 2.25. The molecule has 0 N–H and O–H groups in total. The highest BCUT2D eigenvalue weighted by molar-refractivity contribution is 7.88. The summed E-state index contributed by atoms with van der Waals surface area (Å²) in [6.07, 6.45) is 1.17. The van der Waals surface area contributed by atoms with Crippen LogP contribution >= 0.6 is 11.6 Å². The van der Waals surface area contributed by atoms with E-state index in [2.05, 4.69) is 0 Å². The van der Waals surface area contributed by atoms with Crippen molar-refractivity contribution in [3.05, 3.63) is 28.8 Å². The highest BCUT2D eigenvalue weighted by atomic mass is 35.5. The van der Waals surface area contributed by atoms with Gasteiger partial charge in [0.1, 0.15) is 5.75 Å². The van der Waals surface area contributed by atoms with Crippen molar-refractivity contribution >= 4 is 27.5 Å². The summed E-state index contributed by atoms with van der Waals surface area (Å²) >= 11 is 6.01. The SMILES string of the molecule is COc1ccc(C(=O)N2CCN(S(C)(=O)=O)CC2)cc1Cl. The lowest BCUT2D eigenvalue weighted by Gasteiger charge is -2.33. The number of hydrogen-bond acceptors (Lipinski definition) is 4. The molecule has 0 aliphatic carbocycles. The van der Waals surface area contributed by atoms with E-state index >= 15 is 0 Å². The summed E-state index contributed by atoms with van der Waals surface area (Å²) in [7, 11) is -1.69. The zero-order valence-electron chi connectivity index (χ0n) is 11.9. The Morgan fingerprint density at radius 2 is 1.86 bits per heavy atom. The number of halogens is 1. The second-order valence-corrected chi connectivity index (χ2v) is 7.19. The van der Waals surface area contributed by atoms with Crippen LogP contribution in [0.4, 0.5) is 0 Å². The molecule has 6 nitrogen and oxygen atoms in total. The van der Waals surface area contributed by atoms with Crippen LogP contribution in [-0.4, -0.2) is 63.1 Å². The molecule has 1 aliphatic heterocycles. The van der Waals surface area contributed by atoms with E-state index < -0.39 is 10.0 Å². The molecule has 2 rings (SSSR count). The fourth-order valence-electron chi connectivity index (χ4n) is 2.20. The second-order valence-electron chi connectivity index (χ2n) is 4.80. The van der Waals surface area contributed by atoms with Crippen molar-refractivity contribution in [3.63, 3.8) is 0 Å². The van der Waals surface area contributed by atoms with Gasteiger partial charge < -0.3 is 9.64 Å². The lowest BCUT2D eigenvalue weighted by atomic mass is 10.1. The fraction of sp³-hybridized carbons (Fsp3) is 0.462. The first-order valence-electron chi connectivity index (χ1n) is 6.41. The number of methoxy groups -OCH3 is 1. The van der Waals surface area contributed by atoms with Crippen LogP contribution in [0.25, 0.3) is 0 Å². The van der Waals surface area contributed by atoms with E-state index in [0.717, 1.165) is 0 Å². The normalized spacial score (nSPS) is 16.8. The average molecular weight is 333 g/mol. The number of amides is 1. The number of carbonyl (C=O) groups excluding carboxylic acids is 1. The van der Waals surface area contributed by atoms with Gasteiger partial charge in [-0.05, 0) is 18.2 Å². The number of piperazine rings is 1. The van der Waals surface area contributed by atoms with Crippen molar-refractivity contribution in [2.45, 2.75) is 0 Å². The molecule has 0 bridgehead atoms. The standard InChI is InChI=1S/C13H17ClN2O4S/c1-20-12-4-3-10(9-11(12)14)13(17)15-5-7-16(8-6-15)21(2,18)19/h3-4,9H,5-8H2,1-2H3. The molecular weight excluding hydrogens is 316 g/mol. The number of nitrogens with zero attached hydrogens (tertiary/aromatic N) is 2. The number of carbonyl (C=O) groups is 1. The van der Waals surface area contributed by atoms with E-state index in [4.69, 9.17) is 16.3 Å². The van der Waals surface area contributed by atoms with Gasteiger partial charge in [0.2, 0.25) is 10.0 Å². The van der Waals surface area contributed by atoms with Gasteiger partial charge in [-0.15, -0.1) is 0 Å². The first-order chi connectivity index (χ1) is 9.82. The molecule has 21 heavy (non-hydrogen) atoms. The van der Waals surface area contributed by atoms with Crippen LogP contribution < -0.4 is 4.74 Å². The molecule has 0 saturated carbocycles. The summed E-state index contributed by atoms with van der Waals surface area (Å²) in [5.41, 5.74) is 0.466. The Bertz CT molecular complexity index is 640. The van der Waals surface area contributed by atoms with Gasteiger partial charge in [-0.3, -0.25) is 4.79 Å². The van der Waals surface area contributed by atoms with Crippen LogP contribution in [0.2, 0.25) is 5.02 Å². The Hall–Kier alpha value is -1.31. The van der Waals surface area contributed by atoms with E-state index in [1.54, 1.807) is 23.1 Å². The summed E-state index contributed by atoms with van der Waals surface area (Å²) in [6, 6.07) is 4.85.